The molecule has 20 heavy (non-hydrogen) atoms. The summed E-state index contributed by atoms with van der Waals surface area (Å²) in [5, 5.41) is 12.2. The third-order valence-electron chi connectivity index (χ3n) is 3.87. The van der Waals surface area contributed by atoms with Gasteiger partial charge in [0.2, 0.25) is 0 Å². The van der Waals surface area contributed by atoms with Crippen molar-refractivity contribution in [1.29, 1.82) is 0 Å². The Labute approximate surface area is 117 Å². The topological polar surface area (TPSA) is 58.6 Å². The van der Waals surface area contributed by atoms with Gasteiger partial charge in [-0.2, -0.15) is 0 Å². The van der Waals surface area contributed by atoms with Crippen LogP contribution in [0.15, 0.2) is 18.2 Å². The highest BCUT2D eigenvalue weighted by Crippen LogP contribution is 2.19. The molecule has 1 fully saturated rings. The van der Waals surface area contributed by atoms with Gasteiger partial charge in [-0.25, -0.2) is 9.18 Å². The zero-order chi connectivity index (χ0) is 14.5. The largest absolute Gasteiger partial charge is 0.478 e. The van der Waals surface area contributed by atoms with Crippen molar-refractivity contribution in [3.63, 3.8) is 0 Å². The lowest BCUT2D eigenvalue weighted by atomic mass is 9.93. The highest BCUT2D eigenvalue weighted by Gasteiger charge is 2.20. The van der Waals surface area contributed by atoms with Crippen molar-refractivity contribution in [2.75, 3.05) is 13.2 Å². The van der Waals surface area contributed by atoms with Crippen molar-refractivity contribution in [2.24, 2.45) is 5.92 Å². The van der Waals surface area contributed by atoms with E-state index < -0.39 is 11.8 Å². The summed E-state index contributed by atoms with van der Waals surface area (Å²) >= 11 is 0. The highest BCUT2D eigenvalue weighted by molar-refractivity contribution is 5.87. The Morgan fingerprint density at radius 2 is 2.20 bits per heavy atom. The molecule has 0 radical (unpaired) electrons. The molecular weight excluding hydrogens is 261 g/mol. The first kappa shape index (κ1) is 14.9. The van der Waals surface area contributed by atoms with E-state index in [1.807, 2.05) is 0 Å². The Bertz CT molecular complexity index is 472. The summed E-state index contributed by atoms with van der Waals surface area (Å²) in [4.78, 5) is 10.7. The Hall–Kier alpha value is -1.46. The highest BCUT2D eigenvalue weighted by atomic mass is 19.1. The monoisotopic (exact) mass is 281 g/mol. The van der Waals surface area contributed by atoms with Crippen LogP contribution in [0.5, 0.6) is 0 Å². The van der Waals surface area contributed by atoms with Gasteiger partial charge in [-0.15, -0.1) is 0 Å². The summed E-state index contributed by atoms with van der Waals surface area (Å²) < 4.78 is 18.9. The predicted octanol–water partition coefficient (Wildman–Crippen LogP) is 2.43. The van der Waals surface area contributed by atoms with Crippen molar-refractivity contribution < 1.29 is 19.0 Å². The molecule has 0 spiro atoms. The number of benzene rings is 1. The molecule has 1 unspecified atom stereocenters. The molecule has 1 atom stereocenters. The molecule has 0 amide bonds. The first-order chi connectivity index (χ1) is 9.58. The molecule has 1 aliphatic heterocycles. The average Bonchev–Trinajstić information content (AvgIpc) is 2.45. The fourth-order valence-electron chi connectivity index (χ4n) is 2.50. The van der Waals surface area contributed by atoms with E-state index in [4.69, 9.17) is 9.84 Å². The fraction of sp³-hybridized carbons (Fsp3) is 0.533. The summed E-state index contributed by atoms with van der Waals surface area (Å²) in [5.41, 5.74) is 0.470. The van der Waals surface area contributed by atoms with Gasteiger partial charge in [-0.3, -0.25) is 0 Å². The summed E-state index contributed by atoms with van der Waals surface area (Å²) in [6, 6.07) is 4.58. The van der Waals surface area contributed by atoms with Gasteiger partial charge in [0, 0.05) is 25.8 Å². The quantitative estimate of drug-likeness (QED) is 0.870. The summed E-state index contributed by atoms with van der Waals surface area (Å²) in [6.07, 6.45) is 2.08. The van der Waals surface area contributed by atoms with Gasteiger partial charge in [-0.1, -0.05) is 6.07 Å². The summed E-state index contributed by atoms with van der Waals surface area (Å²) in [7, 11) is 0. The molecule has 4 nitrogen and oxygen atoms in total. The second kappa shape index (κ2) is 6.81. The number of hydrogen-bond donors (Lipinski definition) is 2. The van der Waals surface area contributed by atoms with E-state index in [0.717, 1.165) is 31.6 Å². The lowest BCUT2D eigenvalue weighted by Gasteiger charge is -2.28. The van der Waals surface area contributed by atoms with E-state index in [-0.39, 0.29) is 5.56 Å². The molecule has 0 aromatic heterocycles. The molecule has 0 aliphatic carbocycles. The molecule has 1 aliphatic rings. The molecule has 1 saturated heterocycles. The van der Waals surface area contributed by atoms with E-state index in [2.05, 4.69) is 12.2 Å². The Morgan fingerprint density at radius 1 is 1.50 bits per heavy atom. The second-order valence-electron chi connectivity index (χ2n) is 5.24. The Kier molecular flexibility index (Phi) is 5.09. The third-order valence-corrected chi connectivity index (χ3v) is 3.87. The normalized spacial score (nSPS) is 17.9. The van der Waals surface area contributed by atoms with E-state index in [0.29, 0.717) is 18.5 Å². The zero-order valence-corrected chi connectivity index (χ0v) is 11.6. The molecule has 1 heterocycles. The molecule has 110 valence electrons. The van der Waals surface area contributed by atoms with Crippen LogP contribution in [0, 0.1) is 11.7 Å². The molecule has 5 heteroatoms. The van der Waals surface area contributed by atoms with Crippen LogP contribution in [0.4, 0.5) is 4.39 Å². The Morgan fingerprint density at radius 3 is 2.80 bits per heavy atom. The van der Waals surface area contributed by atoms with Crippen molar-refractivity contribution in [3.05, 3.63) is 35.1 Å². The minimum absolute atomic E-state index is 0.286. The molecule has 0 bridgehead atoms. The SMILES string of the molecule is CC(NCc1ccc(C(=O)O)c(F)c1)C1CCOCC1. The smallest absolute Gasteiger partial charge is 0.338 e. The molecular formula is C15H20FNO3. The van der Waals surface area contributed by atoms with Crippen molar-refractivity contribution in [3.8, 4) is 0 Å². The van der Waals surface area contributed by atoms with Crippen LogP contribution in [0.25, 0.3) is 0 Å². The van der Waals surface area contributed by atoms with Gasteiger partial charge < -0.3 is 15.2 Å². The summed E-state index contributed by atoms with van der Waals surface area (Å²) in [5.74, 6) is -1.35. The number of nitrogens with one attached hydrogen (secondary N) is 1. The maximum Gasteiger partial charge on any atom is 0.338 e. The van der Waals surface area contributed by atoms with E-state index >= 15 is 0 Å². The number of carboxylic acid groups (broad SMARTS) is 1. The van der Waals surface area contributed by atoms with Gasteiger partial charge in [0.1, 0.15) is 5.82 Å². The van der Waals surface area contributed by atoms with Crippen LogP contribution in [-0.4, -0.2) is 30.3 Å². The number of rotatable bonds is 5. The molecule has 2 N–H and O–H groups in total. The van der Waals surface area contributed by atoms with Gasteiger partial charge in [-0.05, 0) is 43.4 Å². The van der Waals surface area contributed by atoms with Crippen molar-refractivity contribution in [1.82, 2.24) is 5.32 Å². The third kappa shape index (κ3) is 3.77. The fourth-order valence-corrected chi connectivity index (χ4v) is 2.50. The van der Waals surface area contributed by atoms with Crippen LogP contribution in [0.3, 0.4) is 0 Å². The number of halogens is 1. The minimum atomic E-state index is -1.24. The van der Waals surface area contributed by atoms with Gasteiger partial charge in [0.05, 0.1) is 5.56 Å². The van der Waals surface area contributed by atoms with Crippen LogP contribution in [-0.2, 0) is 11.3 Å². The van der Waals surface area contributed by atoms with E-state index in [1.54, 1.807) is 6.07 Å². The van der Waals surface area contributed by atoms with Gasteiger partial charge in [0.25, 0.3) is 0 Å². The number of aromatic carboxylic acids is 1. The predicted molar refractivity (Wildman–Crippen MR) is 73.2 cm³/mol. The van der Waals surface area contributed by atoms with Crippen molar-refractivity contribution >= 4 is 5.97 Å². The Balaban J connectivity index is 1.90. The number of carboxylic acids is 1. The molecule has 0 saturated carbocycles. The van der Waals surface area contributed by atoms with Gasteiger partial charge >= 0.3 is 5.97 Å². The standard InChI is InChI=1S/C15H20FNO3/c1-10(12-4-6-20-7-5-12)17-9-11-2-3-13(15(18)19)14(16)8-11/h2-3,8,10,12,17H,4-7,9H2,1H3,(H,18,19). The van der Waals surface area contributed by atoms with E-state index in [1.165, 1.54) is 12.1 Å². The zero-order valence-electron chi connectivity index (χ0n) is 11.6. The molecule has 1 aromatic carbocycles. The van der Waals surface area contributed by atoms with E-state index in [9.17, 15) is 9.18 Å². The van der Waals surface area contributed by atoms with Crippen molar-refractivity contribution in [2.45, 2.75) is 32.4 Å². The molecule has 1 aromatic rings. The minimum Gasteiger partial charge on any atom is -0.478 e. The number of ether oxygens (including phenoxy) is 1. The first-order valence-electron chi connectivity index (χ1n) is 6.91. The first-order valence-corrected chi connectivity index (χ1v) is 6.91. The lowest BCUT2D eigenvalue weighted by molar-refractivity contribution is 0.0558. The average molecular weight is 281 g/mol. The maximum atomic E-state index is 13.6. The number of hydrogen-bond acceptors (Lipinski definition) is 3. The maximum absolute atomic E-state index is 13.6. The van der Waals surface area contributed by atoms with Crippen LogP contribution >= 0.6 is 0 Å². The van der Waals surface area contributed by atoms with Gasteiger partial charge in [0.15, 0.2) is 0 Å². The number of carbonyl (C=O) groups is 1. The second-order valence-corrected chi connectivity index (χ2v) is 5.24. The van der Waals surface area contributed by atoms with Crippen LogP contribution in [0.2, 0.25) is 0 Å². The van der Waals surface area contributed by atoms with Crippen LogP contribution in [0.1, 0.15) is 35.7 Å². The van der Waals surface area contributed by atoms with Crippen LogP contribution < -0.4 is 5.32 Å². The molecule has 2 rings (SSSR count). The lowest BCUT2D eigenvalue weighted by Crippen LogP contribution is -2.36. The summed E-state index contributed by atoms with van der Waals surface area (Å²) in [6.45, 7) is 4.27.